The molecule has 3 rings (SSSR count). The number of carbonyl (C=O) groups excluding carboxylic acids is 1. The molecule has 0 aliphatic carbocycles. The Labute approximate surface area is 171 Å². The zero-order valence-electron chi connectivity index (χ0n) is 17.3. The number of amides is 1. The number of nitrogens with zero attached hydrogens (tertiary/aromatic N) is 5. The number of rotatable bonds is 7. The van der Waals surface area contributed by atoms with Gasteiger partial charge in [-0.15, -0.1) is 0 Å². The van der Waals surface area contributed by atoms with Crippen LogP contribution in [0.15, 0.2) is 48.9 Å². The summed E-state index contributed by atoms with van der Waals surface area (Å²) in [4.78, 5) is 20.9. The van der Waals surface area contributed by atoms with Crippen molar-refractivity contribution in [1.29, 1.82) is 0 Å². The number of hydrogen-bond acceptors (Lipinski definition) is 5. The molecule has 0 unspecified atom stereocenters. The summed E-state index contributed by atoms with van der Waals surface area (Å²) in [6, 6.07) is 9.32. The molecule has 1 N–H and O–H groups in total. The van der Waals surface area contributed by atoms with E-state index in [-0.39, 0.29) is 5.91 Å². The normalized spacial score (nSPS) is 11.5. The van der Waals surface area contributed by atoms with Crippen LogP contribution in [0.1, 0.15) is 48.0 Å². The average molecular weight is 393 g/mol. The monoisotopic (exact) mass is 393 g/mol. The Bertz CT molecular complexity index is 977. The molecule has 152 valence electrons. The van der Waals surface area contributed by atoms with E-state index in [1.165, 1.54) is 4.80 Å². The van der Waals surface area contributed by atoms with Crippen molar-refractivity contribution in [2.45, 2.75) is 39.7 Å². The van der Waals surface area contributed by atoms with Crippen LogP contribution >= 0.6 is 0 Å². The Balaban J connectivity index is 1.76. The lowest BCUT2D eigenvalue weighted by atomic mass is 9.95. The summed E-state index contributed by atoms with van der Waals surface area (Å²) >= 11 is 0. The van der Waals surface area contributed by atoms with Gasteiger partial charge in [-0.25, -0.2) is 0 Å². The Morgan fingerprint density at radius 1 is 1.21 bits per heavy atom. The van der Waals surface area contributed by atoms with Gasteiger partial charge >= 0.3 is 0 Å². The van der Waals surface area contributed by atoms with E-state index in [4.69, 9.17) is 0 Å². The molecule has 29 heavy (non-hydrogen) atoms. The Kier molecular flexibility index (Phi) is 6.08. The molecule has 2 heterocycles. The minimum Gasteiger partial charge on any atom is -0.386 e. The summed E-state index contributed by atoms with van der Waals surface area (Å²) < 4.78 is 0. The molecule has 0 radical (unpaired) electrons. The van der Waals surface area contributed by atoms with Crippen LogP contribution in [0.2, 0.25) is 0 Å². The molecule has 0 saturated heterocycles. The van der Waals surface area contributed by atoms with Gasteiger partial charge in [-0.05, 0) is 51.5 Å². The molecule has 0 aliphatic rings. The fourth-order valence-corrected chi connectivity index (χ4v) is 3.38. The van der Waals surface area contributed by atoms with Gasteiger partial charge in [-0.3, -0.25) is 9.78 Å². The second-order valence-corrected chi connectivity index (χ2v) is 7.52. The molecule has 0 bridgehead atoms. The third-order valence-electron chi connectivity index (χ3n) is 4.90. The number of carbonyl (C=O) groups is 1. The number of aryl methyl sites for hydroxylation is 1. The topological polar surface area (TPSA) is 84.1 Å². The summed E-state index contributed by atoms with van der Waals surface area (Å²) in [6.07, 6.45) is 5.53. The maximum Gasteiger partial charge on any atom is 0.256 e. The van der Waals surface area contributed by atoms with Crippen molar-refractivity contribution in [2.75, 3.05) is 13.1 Å². The molecule has 0 aliphatic heterocycles. The van der Waals surface area contributed by atoms with Gasteiger partial charge in [0.1, 0.15) is 0 Å². The largest absolute Gasteiger partial charge is 0.386 e. The van der Waals surface area contributed by atoms with E-state index in [9.17, 15) is 9.90 Å². The fraction of sp³-hybridized carbons (Fsp3) is 0.364. The molecule has 7 heteroatoms. The maximum atomic E-state index is 13.2. The summed E-state index contributed by atoms with van der Waals surface area (Å²) in [5, 5.41) is 18.5. The van der Waals surface area contributed by atoms with Crippen LogP contribution in [-0.4, -0.2) is 49.0 Å². The van der Waals surface area contributed by atoms with Crippen molar-refractivity contribution < 1.29 is 9.90 Å². The van der Waals surface area contributed by atoms with E-state index in [0.717, 1.165) is 16.8 Å². The molecule has 7 nitrogen and oxygen atoms in total. The Hall–Kier alpha value is -3.06. The predicted molar refractivity (Wildman–Crippen MR) is 111 cm³/mol. The predicted octanol–water partition coefficient (Wildman–Crippen LogP) is 2.90. The van der Waals surface area contributed by atoms with Gasteiger partial charge in [0.2, 0.25) is 0 Å². The van der Waals surface area contributed by atoms with E-state index < -0.39 is 5.60 Å². The van der Waals surface area contributed by atoms with Crippen LogP contribution in [0.4, 0.5) is 0 Å². The van der Waals surface area contributed by atoms with Crippen molar-refractivity contribution in [3.8, 4) is 5.69 Å². The van der Waals surface area contributed by atoms with Crippen molar-refractivity contribution in [1.82, 2.24) is 24.9 Å². The highest BCUT2D eigenvalue weighted by Gasteiger charge is 2.21. The van der Waals surface area contributed by atoms with Gasteiger partial charge in [0.15, 0.2) is 0 Å². The molecule has 0 spiro atoms. The second kappa shape index (κ2) is 8.53. The van der Waals surface area contributed by atoms with Gasteiger partial charge in [0, 0.05) is 37.0 Å². The zero-order valence-corrected chi connectivity index (χ0v) is 17.3. The lowest BCUT2D eigenvalue weighted by Gasteiger charge is -2.23. The lowest BCUT2D eigenvalue weighted by molar-refractivity contribution is 0.0765. The molecule has 0 saturated carbocycles. The number of pyridine rings is 1. The van der Waals surface area contributed by atoms with Crippen LogP contribution in [0.3, 0.4) is 0 Å². The first kappa shape index (κ1) is 20.7. The molecule has 2 aromatic heterocycles. The highest BCUT2D eigenvalue weighted by atomic mass is 16.3. The van der Waals surface area contributed by atoms with Crippen molar-refractivity contribution in [3.05, 3.63) is 71.3 Å². The number of aliphatic hydroxyl groups is 1. The first-order valence-corrected chi connectivity index (χ1v) is 9.74. The van der Waals surface area contributed by atoms with Gasteiger partial charge in [0.05, 0.1) is 29.2 Å². The number of likely N-dealkylation sites (N-methyl/N-ethyl adjacent to an activating group) is 1. The van der Waals surface area contributed by atoms with Gasteiger partial charge in [0.25, 0.3) is 5.91 Å². The molecular formula is C22H27N5O2. The highest BCUT2D eigenvalue weighted by molar-refractivity contribution is 5.97. The van der Waals surface area contributed by atoms with Gasteiger partial charge in [-0.2, -0.15) is 15.0 Å². The minimum absolute atomic E-state index is 0.0646. The Morgan fingerprint density at radius 3 is 2.52 bits per heavy atom. The summed E-state index contributed by atoms with van der Waals surface area (Å²) in [5.41, 5.74) is 2.99. The number of para-hydroxylation sites is 1. The van der Waals surface area contributed by atoms with Gasteiger partial charge in [-0.1, -0.05) is 12.1 Å². The van der Waals surface area contributed by atoms with E-state index in [1.54, 1.807) is 43.4 Å². The third kappa shape index (κ3) is 4.68. The fourth-order valence-electron chi connectivity index (χ4n) is 3.38. The van der Waals surface area contributed by atoms with Crippen molar-refractivity contribution >= 4 is 5.91 Å². The smallest absolute Gasteiger partial charge is 0.256 e. The van der Waals surface area contributed by atoms with Crippen molar-refractivity contribution in [2.24, 2.45) is 0 Å². The van der Waals surface area contributed by atoms with E-state index in [0.29, 0.717) is 30.8 Å². The van der Waals surface area contributed by atoms with Crippen LogP contribution < -0.4 is 0 Å². The molecule has 3 aromatic rings. The number of hydrogen-bond donors (Lipinski definition) is 1. The summed E-state index contributed by atoms with van der Waals surface area (Å²) in [5.74, 6) is -0.0646. The van der Waals surface area contributed by atoms with Crippen LogP contribution in [-0.2, 0) is 12.0 Å². The SMILES string of the molecule is CCN(CCc1cc(C)c(C(C)(C)O)cn1)C(=O)c1ccccc1-n1nccn1. The van der Waals surface area contributed by atoms with E-state index >= 15 is 0 Å². The third-order valence-corrected chi connectivity index (χ3v) is 4.90. The quantitative estimate of drug-likeness (QED) is 0.667. The molecule has 0 fully saturated rings. The van der Waals surface area contributed by atoms with Gasteiger partial charge < -0.3 is 10.0 Å². The lowest BCUT2D eigenvalue weighted by Crippen LogP contribution is -2.33. The van der Waals surface area contributed by atoms with Crippen LogP contribution in [0.5, 0.6) is 0 Å². The minimum atomic E-state index is -0.925. The molecular weight excluding hydrogens is 366 g/mol. The first-order chi connectivity index (χ1) is 13.8. The van der Waals surface area contributed by atoms with Crippen LogP contribution in [0.25, 0.3) is 5.69 Å². The zero-order chi connectivity index (χ0) is 21.0. The summed E-state index contributed by atoms with van der Waals surface area (Å²) in [7, 11) is 0. The number of aromatic nitrogens is 4. The first-order valence-electron chi connectivity index (χ1n) is 9.74. The molecule has 1 amide bonds. The standard InChI is InChI=1S/C22H27N5O2/c1-5-26(13-10-17-14-16(2)19(15-23-17)22(3,4)29)21(28)18-8-6-7-9-20(18)27-24-11-12-25-27/h6-9,11-12,14-15,29H,5,10,13H2,1-4H3. The highest BCUT2D eigenvalue weighted by Crippen LogP contribution is 2.23. The average Bonchev–Trinajstić information content (AvgIpc) is 3.22. The Morgan fingerprint density at radius 2 is 1.90 bits per heavy atom. The molecule has 1 aromatic carbocycles. The number of benzene rings is 1. The van der Waals surface area contributed by atoms with Crippen molar-refractivity contribution in [3.63, 3.8) is 0 Å². The molecule has 0 atom stereocenters. The second-order valence-electron chi connectivity index (χ2n) is 7.52. The summed E-state index contributed by atoms with van der Waals surface area (Å²) in [6.45, 7) is 8.56. The van der Waals surface area contributed by atoms with Crippen LogP contribution in [0, 0.1) is 6.92 Å². The van der Waals surface area contributed by atoms with E-state index in [2.05, 4.69) is 15.2 Å². The van der Waals surface area contributed by atoms with E-state index in [1.807, 2.05) is 38.1 Å². The maximum absolute atomic E-state index is 13.2.